The molecule has 1 saturated carbocycles. The van der Waals surface area contributed by atoms with Gasteiger partial charge in [0.15, 0.2) is 0 Å². The number of aliphatic hydroxyl groups excluding tert-OH is 1. The first-order valence-corrected chi connectivity index (χ1v) is 8.65. The van der Waals surface area contributed by atoms with Crippen molar-refractivity contribution in [3.8, 4) is 0 Å². The molecule has 1 heterocycles. The van der Waals surface area contributed by atoms with E-state index in [9.17, 15) is 0 Å². The minimum Gasteiger partial charge on any atom is -0.396 e. The molecule has 0 aliphatic heterocycles. The summed E-state index contributed by atoms with van der Waals surface area (Å²) in [6, 6.07) is 6.42. The fraction of sp³-hybridized carbons (Fsp3) is 0.474. The Labute approximate surface area is 143 Å². The fourth-order valence-corrected chi connectivity index (χ4v) is 2.98. The van der Waals surface area contributed by atoms with E-state index in [1.165, 1.54) is 29.5 Å². The van der Waals surface area contributed by atoms with Gasteiger partial charge in [-0.05, 0) is 51.2 Å². The molecule has 0 bridgehead atoms. The zero-order valence-electron chi connectivity index (χ0n) is 14.7. The summed E-state index contributed by atoms with van der Waals surface area (Å²) in [5, 5.41) is 15.6. The lowest BCUT2D eigenvalue weighted by atomic mass is 10.1. The van der Waals surface area contributed by atoms with Gasteiger partial charge in [-0.15, -0.1) is 0 Å². The molecule has 1 aliphatic rings. The molecule has 3 N–H and O–H groups in total. The summed E-state index contributed by atoms with van der Waals surface area (Å²) in [4.78, 5) is 9.22. The van der Waals surface area contributed by atoms with Crippen LogP contribution in [0.1, 0.15) is 47.6 Å². The van der Waals surface area contributed by atoms with Crippen molar-refractivity contribution < 1.29 is 5.11 Å². The molecule has 0 amide bonds. The molecule has 128 valence electrons. The monoisotopic (exact) mass is 326 g/mol. The van der Waals surface area contributed by atoms with E-state index in [0.29, 0.717) is 24.8 Å². The van der Waals surface area contributed by atoms with Gasteiger partial charge in [0.1, 0.15) is 5.82 Å². The number of nitrogens with one attached hydrogen (secondary N) is 2. The number of benzene rings is 1. The van der Waals surface area contributed by atoms with Gasteiger partial charge in [-0.25, -0.2) is 4.98 Å². The normalized spacial score (nSPS) is 13.8. The summed E-state index contributed by atoms with van der Waals surface area (Å²) in [7, 11) is 0. The molecule has 1 aliphatic carbocycles. The van der Waals surface area contributed by atoms with Crippen LogP contribution in [0, 0.1) is 20.8 Å². The van der Waals surface area contributed by atoms with Crippen LogP contribution in [0.4, 0.5) is 17.5 Å². The zero-order chi connectivity index (χ0) is 17.1. The van der Waals surface area contributed by atoms with Crippen molar-refractivity contribution >= 4 is 17.5 Å². The van der Waals surface area contributed by atoms with Gasteiger partial charge in [0, 0.05) is 30.8 Å². The minimum absolute atomic E-state index is 0.169. The Morgan fingerprint density at radius 1 is 1.08 bits per heavy atom. The SMILES string of the molecule is Cc1cc(C)c(Nc2cc(C3CC3)nc(NCCCO)n2)c(C)c1. The number of nitrogens with zero attached hydrogens (tertiary/aromatic N) is 2. The van der Waals surface area contributed by atoms with Crippen LogP contribution in [0.3, 0.4) is 0 Å². The van der Waals surface area contributed by atoms with Crippen LogP contribution in [-0.2, 0) is 0 Å². The van der Waals surface area contributed by atoms with E-state index >= 15 is 0 Å². The van der Waals surface area contributed by atoms with Crippen molar-refractivity contribution in [2.45, 2.75) is 46.0 Å². The highest BCUT2D eigenvalue weighted by Gasteiger charge is 2.26. The third kappa shape index (κ3) is 4.03. The van der Waals surface area contributed by atoms with Crippen LogP contribution in [0.2, 0.25) is 0 Å². The lowest BCUT2D eigenvalue weighted by molar-refractivity contribution is 0.292. The quantitative estimate of drug-likeness (QED) is 0.675. The number of hydrogen-bond donors (Lipinski definition) is 3. The average molecular weight is 326 g/mol. The summed E-state index contributed by atoms with van der Waals surface area (Å²) in [5.41, 5.74) is 5.91. The van der Waals surface area contributed by atoms with E-state index in [1.54, 1.807) is 0 Å². The van der Waals surface area contributed by atoms with Crippen LogP contribution in [0.15, 0.2) is 18.2 Å². The van der Waals surface area contributed by atoms with Crippen LogP contribution < -0.4 is 10.6 Å². The number of aliphatic hydroxyl groups is 1. The van der Waals surface area contributed by atoms with Gasteiger partial charge in [-0.3, -0.25) is 0 Å². The number of aromatic nitrogens is 2. The molecule has 3 rings (SSSR count). The highest BCUT2D eigenvalue weighted by atomic mass is 16.3. The topological polar surface area (TPSA) is 70.1 Å². The van der Waals surface area contributed by atoms with Crippen molar-refractivity contribution in [1.82, 2.24) is 9.97 Å². The predicted molar refractivity (Wildman–Crippen MR) is 98.1 cm³/mol. The standard InChI is InChI=1S/C19H26N4O/c1-12-9-13(2)18(14(3)10-12)22-17-11-16(15-5-6-15)21-19(23-17)20-7-4-8-24/h9-11,15,24H,4-8H2,1-3H3,(H2,20,21,22,23). The Morgan fingerprint density at radius 3 is 2.42 bits per heavy atom. The molecule has 1 aromatic heterocycles. The third-order valence-corrected chi connectivity index (χ3v) is 4.29. The first-order valence-electron chi connectivity index (χ1n) is 8.65. The number of anilines is 3. The molecule has 24 heavy (non-hydrogen) atoms. The van der Waals surface area contributed by atoms with Gasteiger partial charge in [0.2, 0.25) is 5.95 Å². The first kappa shape index (κ1) is 16.7. The fourth-order valence-electron chi connectivity index (χ4n) is 2.98. The molecule has 5 heteroatoms. The summed E-state index contributed by atoms with van der Waals surface area (Å²) in [6.45, 7) is 7.19. The molecule has 0 radical (unpaired) electrons. The van der Waals surface area contributed by atoms with E-state index in [2.05, 4.69) is 59.6 Å². The van der Waals surface area contributed by atoms with Crippen LogP contribution in [0.25, 0.3) is 0 Å². The summed E-state index contributed by atoms with van der Waals surface area (Å²) in [5.74, 6) is 2.03. The molecule has 5 nitrogen and oxygen atoms in total. The second kappa shape index (κ2) is 7.18. The maximum Gasteiger partial charge on any atom is 0.224 e. The van der Waals surface area contributed by atoms with E-state index in [-0.39, 0.29) is 6.61 Å². The second-order valence-corrected chi connectivity index (χ2v) is 6.68. The second-order valence-electron chi connectivity index (χ2n) is 6.68. The van der Waals surface area contributed by atoms with Crippen LogP contribution in [0.5, 0.6) is 0 Å². The molecule has 0 saturated heterocycles. The summed E-state index contributed by atoms with van der Waals surface area (Å²) >= 11 is 0. The molecule has 0 spiro atoms. The Bertz CT molecular complexity index is 702. The molecule has 0 atom stereocenters. The highest BCUT2D eigenvalue weighted by Crippen LogP contribution is 2.40. The first-order chi connectivity index (χ1) is 11.6. The van der Waals surface area contributed by atoms with Crippen molar-refractivity contribution in [2.75, 3.05) is 23.8 Å². The molecular formula is C19H26N4O. The van der Waals surface area contributed by atoms with Gasteiger partial charge < -0.3 is 15.7 Å². The molecular weight excluding hydrogens is 300 g/mol. The third-order valence-electron chi connectivity index (χ3n) is 4.29. The Hall–Kier alpha value is -2.14. The molecule has 2 aromatic rings. The van der Waals surface area contributed by atoms with Crippen LogP contribution >= 0.6 is 0 Å². The lowest BCUT2D eigenvalue weighted by Gasteiger charge is -2.15. The lowest BCUT2D eigenvalue weighted by Crippen LogP contribution is -2.10. The van der Waals surface area contributed by atoms with Gasteiger partial charge in [-0.2, -0.15) is 4.98 Å². The predicted octanol–water partition coefficient (Wildman–Crippen LogP) is 3.82. The van der Waals surface area contributed by atoms with E-state index < -0.39 is 0 Å². The van der Waals surface area contributed by atoms with Gasteiger partial charge in [0.05, 0.1) is 5.69 Å². The molecule has 0 unspecified atom stereocenters. The van der Waals surface area contributed by atoms with Gasteiger partial charge >= 0.3 is 0 Å². The van der Waals surface area contributed by atoms with Crippen molar-refractivity contribution in [3.63, 3.8) is 0 Å². The number of rotatable bonds is 7. The van der Waals surface area contributed by atoms with Crippen molar-refractivity contribution in [3.05, 3.63) is 40.6 Å². The highest BCUT2D eigenvalue weighted by molar-refractivity contribution is 5.66. The molecule has 1 fully saturated rings. The zero-order valence-corrected chi connectivity index (χ0v) is 14.7. The number of hydrogen-bond acceptors (Lipinski definition) is 5. The van der Waals surface area contributed by atoms with Crippen molar-refractivity contribution in [2.24, 2.45) is 0 Å². The van der Waals surface area contributed by atoms with Crippen LogP contribution in [-0.4, -0.2) is 28.2 Å². The Balaban J connectivity index is 1.86. The smallest absolute Gasteiger partial charge is 0.224 e. The maximum absolute atomic E-state index is 8.94. The Kier molecular flexibility index (Phi) is 5.00. The summed E-state index contributed by atoms with van der Waals surface area (Å²) < 4.78 is 0. The number of aryl methyl sites for hydroxylation is 3. The average Bonchev–Trinajstić information content (AvgIpc) is 3.36. The largest absolute Gasteiger partial charge is 0.396 e. The molecule has 1 aromatic carbocycles. The maximum atomic E-state index is 8.94. The van der Waals surface area contributed by atoms with Gasteiger partial charge in [0.25, 0.3) is 0 Å². The van der Waals surface area contributed by atoms with E-state index in [0.717, 1.165) is 17.2 Å². The Morgan fingerprint density at radius 2 is 1.79 bits per heavy atom. The minimum atomic E-state index is 0.169. The van der Waals surface area contributed by atoms with Crippen molar-refractivity contribution in [1.29, 1.82) is 0 Å². The van der Waals surface area contributed by atoms with Gasteiger partial charge in [-0.1, -0.05) is 17.7 Å². The van der Waals surface area contributed by atoms with E-state index in [4.69, 9.17) is 5.11 Å². The summed E-state index contributed by atoms with van der Waals surface area (Å²) in [6.07, 6.45) is 3.10. The van der Waals surface area contributed by atoms with E-state index in [1.807, 2.05) is 0 Å².